The van der Waals surface area contributed by atoms with Crippen LogP contribution in [0.1, 0.15) is 20.9 Å². The van der Waals surface area contributed by atoms with Crippen LogP contribution in [0.3, 0.4) is 0 Å². The molecule has 0 saturated heterocycles. The number of aliphatic carboxylic acids is 1. The number of carboxylic acids is 1. The molecule has 6 nitrogen and oxygen atoms in total. The maximum Gasteiger partial charge on any atom is 0.427 e. The normalized spacial score (nSPS) is 12.5. The van der Waals surface area contributed by atoms with Crippen molar-refractivity contribution in [3.8, 4) is 5.75 Å². The van der Waals surface area contributed by atoms with Crippen molar-refractivity contribution < 1.29 is 32.6 Å². The molecule has 0 radical (unpaired) electrons. The molecule has 1 aromatic carbocycles. The van der Waals surface area contributed by atoms with E-state index in [0.717, 1.165) is 5.51 Å². The minimum atomic E-state index is -4.70. The molecule has 26 heavy (non-hydrogen) atoms. The summed E-state index contributed by atoms with van der Waals surface area (Å²) in [4.78, 5) is 25.8. The molecule has 10 heteroatoms. The quantitative estimate of drug-likeness (QED) is 0.762. The van der Waals surface area contributed by atoms with Gasteiger partial charge in [-0.2, -0.15) is 13.2 Å². The van der Waals surface area contributed by atoms with Gasteiger partial charge in [0, 0.05) is 6.54 Å². The standard InChI is InChI=1S/C16H15F3N2O4S/c1-25-11-5-3-2-4-9(11)6-10(15(23)24)7-20-14(22)12-13(16(17,18)19)26-8-21-12/h2-5,8,10H,6-7H2,1H3,(H,20,22)(H,23,24). The van der Waals surface area contributed by atoms with E-state index in [1.807, 2.05) is 0 Å². The number of amides is 1. The SMILES string of the molecule is COc1ccccc1CC(CNC(=O)c1ncsc1C(F)(F)F)C(=O)O. The highest BCUT2D eigenvalue weighted by atomic mass is 32.1. The Morgan fingerprint density at radius 3 is 2.65 bits per heavy atom. The Kier molecular flexibility index (Phi) is 6.19. The van der Waals surface area contributed by atoms with Gasteiger partial charge in [-0.05, 0) is 18.1 Å². The van der Waals surface area contributed by atoms with Crippen molar-refractivity contribution in [3.63, 3.8) is 0 Å². The van der Waals surface area contributed by atoms with Gasteiger partial charge in [-0.1, -0.05) is 18.2 Å². The molecule has 1 unspecified atom stereocenters. The summed E-state index contributed by atoms with van der Waals surface area (Å²) in [6.07, 6.45) is -4.65. The van der Waals surface area contributed by atoms with Crippen LogP contribution < -0.4 is 10.1 Å². The van der Waals surface area contributed by atoms with Crippen molar-refractivity contribution in [3.05, 3.63) is 45.9 Å². The average molecular weight is 388 g/mol. The van der Waals surface area contributed by atoms with Crippen LogP contribution in [-0.2, 0) is 17.4 Å². The van der Waals surface area contributed by atoms with Crippen molar-refractivity contribution >= 4 is 23.2 Å². The molecule has 140 valence electrons. The highest BCUT2D eigenvalue weighted by Crippen LogP contribution is 2.34. The molecule has 0 spiro atoms. The average Bonchev–Trinajstić information content (AvgIpc) is 3.08. The highest BCUT2D eigenvalue weighted by Gasteiger charge is 2.38. The molecule has 1 atom stereocenters. The number of hydrogen-bond donors (Lipinski definition) is 2. The number of halogens is 3. The fourth-order valence-electron chi connectivity index (χ4n) is 2.29. The number of carboxylic acid groups (broad SMARTS) is 1. The summed E-state index contributed by atoms with van der Waals surface area (Å²) in [6, 6.07) is 6.78. The minimum Gasteiger partial charge on any atom is -0.496 e. The number of nitrogens with zero attached hydrogens (tertiary/aromatic N) is 1. The van der Waals surface area contributed by atoms with Gasteiger partial charge in [-0.25, -0.2) is 4.98 Å². The van der Waals surface area contributed by atoms with Gasteiger partial charge < -0.3 is 15.2 Å². The molecule has 2 N–H and O–H groups in total. The molecular formula is C16H15F3N2O4S. The number of rotatable bonds is 7. The number of nitrogens with one attached hydrogen (secondary N) is 1. The topological polar surface area (TPSA) is 88.5 Å². The van der Waals surface area contributed by atoms with E-state index in [4.69, 9.17) is 4.74 Å². The third-order valence-electron chi connectivity index (χ3n) is 3.56. The predicted octanol–water partition coefficient (Wildman–Crippen LogP) is 2.84. The third-order valence-corrected chi connectivity index (χ3v) is 4.43. The van der Waals surface area contributed by atoms with Crippen LogP contribution in [0, 0.1) is 5.92 Å². The summed E-state index contributed by atoms with van der Waals surface area (Å²) in [5.41, 5.74) is 0.770. The van der Waals surface area contributed by atoms with Crippen molar-refractivity contribution in [1.29, 1.82) is 0 Å². The van der Waals surface area contributed by atoms with E-state index in [2.05, 4.69) is 10.3 Å². The van der Waals surface area contributed by atoms with Crippen molar-refractivity contribution in [2.24, 2.45) is 5.92 Å². The zero-order valence-corrected chi connectivity index (χ0v) is 14.4. The van der Waals surface area contributed by atoms with Crippen LogP contribution in [0.25, 0.3) is 0 Å². The maximum absolute atomic E-state index is 12.8. The van der Waals surface area contributed by atoms with E-state index in [1.165, 1.54) is 7.11 Å². The van der Waals surface area contributed by atoms with Crippen molar-refractivity contribution in [2.75, 3.05) is 13.7 Å². The number of aromatic nitrogens is 1. The van der Waals surface area contributed by atoms with E-state index in [0.29, 0.717) is 22.6 Å². The summed E-state index contributed by atoms with van der Waals surface area (Å²) in [5.74, 6) is -2.80. The molecule has 0 aliphatic rings. The van der Waals surface area contributed by atoms with Gasteiger partial charge in [0.2, 0.25) is 0 Å². The van der Waals surface area contributed by atoms with Gasteiger partial charge >= 0.3 is 12.1 Å². The molecule has 2 rings (SSSR count). The Hall–Kier alpha value is -2.62. The number of hydrogen-bond acceptors (Lipinski definition) is 5. The Labute approximate surface area is 150 Å². The molecule has 0 aliphatic carbocycles. The first-order valence-corrected chi connectivity index (χ1v) is 8.25. The molecule has 0 saturated carbocycles. The molecule has 0 fully saturated rings. The zero-order valence-electron chi connectivity index (χ0n) is 13.5. The number of para-hydroxylation sites is 1. The number of alkyl halides is 3. The smallest absolute Gasteiger partial charge is 0.427 e. The summed E-state index contributed by atoms with van der Waals surface area (Å²) >= 11 is 0.303. The summed E-state index contributed by atoms with van der Waals surface area (Å²) < 4.78 is 43.6. The third kappa shape index (κ3) is 4.72. The van der Waals surface area contributed by atoms with Gasteiger partial charge in [-0.15, -0.1) is 11.3 Å². The molecule has 1 aromatic heterocycles. The van der Waals surface area contributed by atoms with E-state index < -0.39 is 34.5 Å². The lowest BCUT2D eigenvalue weighted by Gasteiger charge is -2.15. The lowest BCUT2D eigenvalue weighted by molar-refractivity contribution is -0.141. The molecule has 2 aromatic rings. The molecular weight excluding hydrogens is 373 g/mol. The van der Waals surface area contributed by atoms with E-state index in [1.54, 1.807) is 24.3 Å². The number of carbonyl (C=O) groups is 2. The maximum atomic E-state index is 12.8. The zero-order chi connectivity index (χ0) is 19.3. The summed E-state index contributed by atoms with van der Waals surface area (Å²) in [7, 11) is 1.44. The number of benzene rings is 1. The molecule has 1 amide bonds. The lowest BCUT2D eigenvalue weighted by Crippen LogP contribution is -2.35. The first-order valence-electron chi connectivity index (χ1n) is 7.37. The predicted molar refractivity (Wildman–Crippen MR) is 87.3 cm³/mol. The van der Waals surface area contributed by atoms with Crippen LogP contribution >= 0.6 is 11.3 Å². The van der Waals surface area contributed by atoms with Crippen molar-refractivity contribution in [1.82, 2.24) is 10.3 Å². The first-order chi connectivity index (χ1) is 12.2. The Bertz CT molecular complexity index is 792. The fourth-order valence-corrected chi connectivity index (χ4v) is 2.95. The highest BCUT2D eigenvalue weighted by molar-refractivity contribution is 7.10. The van der Waals surface area contributed by atoms with Crippen LogP contribution in [0.5, 0.6) is 5.75 Å². The number of carbonyl (C=O) groups excluding carboxylic acids is 1. The Balaban J connectivity index is 2.09. The molecule has 0 aliphatic heterocycles. The second-order valence-corrected chi connectivity index (χ2v) is 6.14. The van der Waals surface area contributed by atoms with Gasteiger partial charge in [0.1, 0.15) is 10.6 Å². The molecule has 1 heterocycles. The van der Waals surface area contributed by atoms with Crippen LogP contribution in [-0.4, -0.2) is 35.6 Å². The van der Waals surface area contributed by atoms with Gasteiger partial charge in [-0.3, -0.25) is 9.59 Å². The second-order valence-electron chi connectivity index (χ2n) is 5.29. The Morgan fingerprint density at radius 2 is 2.04 bits per heavy atom. The first kappa shape index (κ1) is 19.7. The van der Waals surface area contributed by atoms with Gasteiger partial charge in [0.05, 0.1) is 18.5 Å². The summed E-state index contributed by atoms with van der Waals surface area (Å²) in [5, 5.41) is 11.6. The van der Waals surface area contributed by atoms with Crippen molar-refractivity contribution in [2.45, 2.75) is 12.6 Å². The number of methoxy groups -OCH3 is 1. The fraction of sp³-hybridized carbons (Fsp3) is 0.312. The number of thiazole rings is 1. The van der Waals surface area contributed by atoms with Crippen LogP contribution in [0.15, 0.2) is 29.8 Å². The monoisotopic (exact) mass is 388 g/mol. The summed E-state index contributed by atoms with van der Waals surface area (Å²) in [6.45, 7) is -0.346. The number of ether oxygens (including phenoxy) is 1. The van der Waals surface area contributed by atoms with E-state index >= 15 is 0 Å². The van der Waals surface area contributed by atoms with Gasteiger partial charge in [0.25, 0.3) is 5.91 Å². The van der Waals surface area contributed by atoms with Gasteiger partial charge in [0.15, 0.2) is 5.69 Å². The van der Waals surface area contributed by atoms with Crippen LogP contribution in [0.2, 0.25) is 0 Å². The van der Waals surface area contributed by atoms with E-state index in [9.17, 15) is 27.9 Å². The lowest BCUT2D eigenvalue weighted by atomic mass is 9.98. The minimum absolute atomic E-state index is 0.0445. The molecule has 0 bridgehead atoms. The Morgan fingerprint density at radius 1 is 1.35 bits per heavy atom. The van der Waals surface area contributed by atoms with E-state index in [-0.39, 0.29) is 13.0 Å². The van der Waals surface area contributed by atoms with Crippen LogP contribution in [0.4, 0.5) is 13.2 Å². The largest absolute Gasteiger partial charge is 0.496 e. The second kappa shape index (κ2) is 8.17.